The zero-order valence-electron chi connectivity index (χ0n) is 10.6. The van der Waals surface area contributed by atoms with Gasteiger partial charge in [-0.3, -0.25) is 5.10 Å². The predicted molar refractivity (Wildman–Crippen MR) is 76.4 cm³/mol. The number of benzene rings is 2. The summed E-state index contributed by atoms with van der Waals surface area (Å²) in [5, 5.41) is 16.2. The smallest absolute Gasteiger partial charge is 0.335 e. The van der Waals surface area contributed by atoms with Gasteiger partial charge in [0.15, 0.2) is 0 Å². The summed E-state index contributed by atoms with van der Waals surface area (Å²) in [6, 6.07) is 18.5. The fourth-order valence-corrected chi connectivity index (χ4v) is 2.05. The van der Waals surface area contributed by atoms with Crippen LogP contribution in [0.25, 0.3) is 22.5 Å². The van der Waals surface area contributed by atoms with Crippen molar-refractivity contribution >= 4 is 5.97 Å². The highest BCUT2D eigenvalue weighted by Gasteiger charge is 2.08. The third-order valence-electron chi connectivity index (χ3n) is 3.07. The van der Waals surface area contributed by atoms with Crippen molar-refractivity contribution in [3.63, 3.8) is 0 Å². The van der Waals surface area contributed by atoms with Gasteiger partial charge in [-0.25, -0.2) is 4.79 Å². The Morgan fingerprint density at radius 2 is 1.70 bits per heavy atom. The number of nitrogens with zero attached hydrogens (tertiary/aromatic N) is 1. The number of carbonyl (C=O) groups is 1. The molecule has 0 aliphatic heterocycles. The number of carboxylic acids is 1. The maximum Gasteiger partial charge on any atom is 0.335 e. The zero-order valence-corrected chi connectivity index (χ0v) is 10.6. The molecule has 1 heterocycles. The molecule has 4 nitrogen and oxygen atoms in total. The minimum atomic E-state index is -0.939. The van der Waals surface area contributed by atoms with E-state index in [1.54, 1.807) is 18.2 Å². The quantitative estimate of drug-likeness (QED) is 0.761. The third kappa shape index (κ3) is 2.31. The Bertz CT molecular complexity index is 748. The van der Waals surface area contributed by atoms with Crippen molar-refractivity contribution in [1.82, 2.24) is 10.2 Å². The topological polar surface area (TPSA) is 66.0 Å². The molecule has 3 aromatic rings. The van der Waals surface area contributed by atoms with Crippen LogP contribution < -0.4 is 0 Å². The highest BCUT2D eigenvalue weighted by molar-refractivity contribution is 5.89. The molecule has 0 radical (unpaired) electrons. The normalized spacial score (nSPS) is 10.4. The molecular weight excluding hydrogens is 252 g/mol. The van der Waals surface area contributed by atoms with Crippen LogP contribution in [-0.4, -0.2) is 21.3 Å². The second-order valence-corrected chi connectivity index (χ2v) is 4.42. The van der Waals surface area contributed by atoms with Crippen molar-refractivity contribution in [2.75, 3.05) is 0 Å². The minimum Gasteiger partial charge on any atom is -0.478 e. The van der Waals surface area contributed by atoms with Gasteiger partial charge in [-0.05, 0) is 23.8 Å². The zero-order chi connectivity index (χ0) is 13.9. The van der Waals surface area contributed by atoms with Crippen LogP contribution in [0.2, 0.25) is 0 Å². The van der Waals surface area contributed by atoms with Crippen molar-refractivity contribution < 1.29 is 9.90 Å². The lowest BCUT2D eigenvalue weighted by Gasteiger charge is -1.98. The van der Waals surface area contributed by atoms with E-state index in [1.807, 2.05) is 42.5 Å². The Hall–Kier alpha value is -2.88. The maximum absolute atomic E-state index is 11.0. The Kier molecular flexibility index (Phi) is 3.05. The molecule has 98 valence electrons. The molecule has 1 aromatic heterocycles. The number of hydrogen-bond acceptors (Lipinski definition) is 2. The Balaban J connectivity index is 1.98. The van der Waals surface area contributed by atoms with Gasteiger partial charge in [-0.1, -0.05) is 42.5 Å². The molecule has 2 N–H and O–H groups in total. The van der Waals surface area contributed by atoms with Crippen LogP contribution >= 0.6 is 0 Å². The van der Waals surface area contributed by atoms with Crippen LogP contribution in [0.15, 0.2) is 60.7 Å². The van der Waals surface area contributed by atoms with Crippen molar-refractivity contribution in [2.45, 2.75) is 0 Å². The van der Waals surface area contributed by atoms with Crippen molar-refractivity contribution in [2.24, 2.45) is 0 Å². The van der Waals surface area contributed by atoms with Crippen LogP contribution in [0.4, 0.5) is 0 Å². The van der Waals surface area contributed by atoms with E-state index in [-0.39, 0.29) is 5.56 Å². The summed E-state index contributed by atoms with van der Waals surface area (Å²) in [7, 11) is 0. The first-order valence-corrected chi connectivity index (χ1v) is 6.18. The molecule has 0 aliphatic rings. The molecule has 0 bridgehead atoms. The summed E-state index contributed by atoms with van der Waals surface area (Å²) >= 11 is 0. The fourth-order valence-electron chi connectivity index (χ4n) is 2.05. The average Bonchev–Trinajstić information content (AvgIpc) is 2.98. The molecule has 2 aromatic carbocycles. The number of aromatic carboxylic acids is 1. The summed E-state index contributed by atoms with van der Waals surface area (Å²) in [6.45, 7) is 0. The molecule has 0 unspecified atom stereocenters. The number of carboxylic acid groups (broad SMARTS) is 1. The standard InChI is InChI=1S/C16H12N2O2/c19-16(20)13-8-4-7-12(9-13)15-10-14(17-18-15)11-5-2-1-3-6-11/h1-10H,(H,17,18)(H,19,20). The third-order valence-corrected chi connectivity index (χ3v) is 3.07. The first-order valence-electron chi connectivity index (χ1n) is 6.18. The number of aromatic amines is 1. The molecule has 0 atom stereocenters. The van der Waals surface area contributed by atoms with E-state index >= 15 is 0 Å². The Labute approximate surface area is 115 Å². The van der Waals surface area contributed by atoms with Crippen LogP contribution in [0.5, 0.6) is 0 Å². The van der Waals surface area contributed by atoms with E-state index < -0.39 is 5.97 Å². The van der Waals surface area contributed by atoms with Crippen LogP contribution in [0, 0.1) is 0 Å². The summed E-state index contributed by atoms with van der Waals surface area (Å²) in [5.41, 5.74) is 3.71. The fraction of sp³-hybridized carbons (Fsp3) is 0. The maximum atomic E-state index is 11.0. The van der Waals surface area contributed by atoms with E-state index in [2.05, 4.69) is 10.2 Å². The van der Waals surface area contributed by atoms with E-state index in [4.69, 9.17) is 5.11 Å². The Morgan fingerprint density at radius 1 is 0.950 bits per heavy atom. The van der Waals surface area contributed by atoms with Crippen molar-refractivity contribution in [1.29, 1.82) is 0 Å². The van der Waals surface area contributed by atoms with Crippen LogP contribution in [0.1, 0.15) is 10.4 Å². The van der Waals surface area contributed by atoms with E-state index in [0.717, 1.165) is 22.5 Å². The van der Waals surface area contributed by atoms with Crippen LogP contribution in [0.3, 0.4) is 0 Å². The van der Waals surface area contributed by atoms with E-state index in [1.165, 1.54) is 0 Å². The highest BCUT2D eigenvalue weighted by atomic mass is 16.4. The first kappa shape index (κ1) is 12.2. The minimum absolute atomic E-state index is 0.256. The first-order chi connectivity index (χ1) is 9.74. The van der Waals surface area contributed by atoms with Gasteiger partial charge in [0.1, 0.15) is 0 Å². The Morgan fingerprint density at radius 3 is 2.45 bits per heavy atom. The van der Waals surface area contributed by atoms with Gasteiger partial charge >= 0.3 is 5.97 Å². The highest BCUT2D eigenvalue weighted by Crippen LogP contribution is 2.24. The monoisotopic (exact) mass is 264 g/mol. The summed E-state index contributed by atoms with van der Waals surface area (Å²) in [5.74, 6) is -0.939. The molecule has 3 rings (SSSR count). The number of nitrogens with one attached hydrogen (secondary N) is 1. The van der Waals surface area contributed by atoms with Crippen molar-refractivity contribution in [3.05, 3.63) is 66.2 Å². The van der Waals surface area contributed by atoms with Gasteiger partial charge in [0, 0.05) is 5.56 Å². The lowest BCUT2D eigenvalue weighted by molar-refractivity contribution is 0.0697. The SMILES string of the molecule is O=C(O)c1cccc(-c2cc(-c3ccccc3)[nH]n2)c1. The van der Waals surface area contributed by atoms with Gasteiger partial charge in [-0.2, -0.15) is 5.10 Å². The van der Waals surface area contributed by atoms with Gasteiger partial charge in [0.05, 0.1) is 17.0 Å². The van der Waals surface area contributed by atoms with Crippen molar-refractivity contribution in [3.8, 4) is 22.5 Å². The lowest BCUT2D eigenvalue weighted by atomic mass is 10.1. The van der Waals surface area contributed by atoms with Gasteiger partial charge < -0.3 is 5.11 Å². The average molecular weight is 264 g/mol. The molecule has 0 spiro atoms. The lowest BCUT2D eigenvalue weighted by Crippen LogP contribution is -1.95. The summed E-state index contributed by atoms with van der Waals surface area (Å²) < 4.78 is 0. The molecule has 4 heteroatoms. The molecular formula is C16H12N2O2. The molecule has 0 aliphatic carbocycles. The number of rotatable bonds is 3. The summed E-state index contributed by atoms with van der Waals surface area (Å²) in [4.78, 5) is 11.0. The van der Waals surface area contributed by atoms with E-state index in [9.17, 15) is 4.79 Å². The van der Waals surface area contributed by atoms with Gasteiger partial charge in [0.25, 0.3) is 0 Å². The number of aromatic nitrogens is 2. The predicted octanol–water partition coefficient (Wildman–Crippen LogP) is 3.44. The van der Waals surface area contributed by atoms with Crippen LogP contribution in [-0.2, 0) is 0 Å². The molecule has 0 saturated heterocycles. The molecule has 0 amide bonds. The molecule has 0 saturated carbocycles. The van der Waals surface area contributed by atoms with E-state index in [0.29, 0.717) is 0 Å². The van der Waals surface area contributed by atoms with Gasteiger partial charge in [-0.15, -0.1) is 0 Å². The second-order valence-electron chi connectivity index (χ2n) is 4.42. The molecule has 20 heavy (non-hydrogen) atoms. The summed E-state index contributed by atoms with van der Waals surface area (Å²) in [6.07, 6.45) is 0. The number of hydrogen-bond donors (Lipinski definition) is 2. The second kappa shape index (κ2) is 5.01. The van der Waals surface area contributed by atoms with Gasteiger partial charge in [0.2, 0.25) is 0 Å². The number of H-pyrrole nitrogens is 1. The molecule has 0 fully saturated rings. The largest absolute Gasteiger partial charge is 0.478 e.